The molecule has 0 heterocycles. The van der Waals surface area contributed by atoms with Crippen LogP contribution in [0.25, 0.3) is 10.8 Å². The van der Waals surface area contributed by atoms with Gasteiger partial charge in [-0.2, -0.15) is 5.10 Å². The Morgan fingerprint density at radius 2 is 1.70 bits per heavy atom. The monoisotopic (exact) mass is 405 g/mol. The Kier molecular flexibility index (Phi) is 6.73. The molecule has 0 aliphatic carbocycles. The van der Waals surface area contributed by atoms with Crippen molar-refractivity contribution in [2.45, 2.75) is 0 Å². The third-order valence-corrected chi connectivity index (χ3v) is 4.09. The lowest BCUT2D eigenvalue weighted by molar-refractivity contribution is -0.139. The Labute approximate surface area is 172 Å². The van der Waals surface area contributed by atoms with Crippen LogP contribution in [0.3, 0.4) is 0 Å². The van der Waals surface area contributed by atoms with Gasteiger partial charge < -0.3 is 15.2 Å². The van der Waals surface area contributed by atoms with E-state index < -0.39 is 18.5 Å². The first-order chi connectivity index (χ1) is 14.5. The number of hydrogen-bond donors (Lipinski definition) is 3. The second-order valence-corrected chi connectivity index (χ2v) is 6.25. The fourth-order valence-corrected chi connectivity index (χ4v) is 2.69. The molecule has 3 aromatic rings. The number of nitrogens with zero attached hydrogens (tertiary/aromatic N) is 1. The van der Waals surface area contributed by atoms with Crippen molar-refractivity contribution in [1.29, 1.82) is 0 Å². The van der Waals surface area contributed by atoms with Crippen molar-refractivity contribution in [1.82, 2.24) is 10.7 Å². The van der Waals surface area contributed by atoms with Gasteiger partial charge in [0.25, 0.3) is 11.8 Å². The molecule has 0 saturated heterocycles. The zero-order valence-corrected chi connectivity index (χ0v) is 15.9. The minimum absolute atomic E-state index is 0.221. The van der Waals surface area contributed by atoms with Crippen LogP contribution in [0.5, 0.6) is 5.75 Å². The van der Waals surface area contributed by atoms with E-state index in [-0.39, 0.29) is 12.5 Å². The number of hydrogen-bond acceptors (Lipinski definition) is 5. The normalized spacial score (nSPS) is 10.7. The first kappa shape index (κ1) is 20.5. The molecule has 30 heavy (non-hydrogen) atoms. The predicted molar refractivity (Wildman–Crippen MR) is 112 cm³/mol. The highest BCUT2D eigenvalue weighted by molar-refractivity contribution is 6.07. The molecule has 0 bridgehead atoms. The highest BCUT2D eigenvalue weighted by Crippen LogP contribution is 2.18. The quantitative estimate of drug-likeness (QED) is 0.392. The molecule has 0 spiro atoms. The maximum atomic E-state index is 12.4. The van der Waals surface area contributed by atoms with E-state index in [2.05, 4.69) is 15.8 Å². The molecule has 0 unspecified atom stereocenters. The fraction of sp³-hybridized carbons (Fsp3) is 0.0909. The fourth-order valence-electron chi connectivity index (χ4n) is 2.69. The first-order valence-electron chi connectivity index (χ1n) is 9.05. The number of nitrogens with one attached hydrogen (secondary N) is 2. The highest BCUT2D eigenvalue weighted by atomic mass is 16.5. The topological polar surface area (TPSA) is 117 Å². The number of carbonyl (C=O) groups is 3. The number of hydrazone groups is 1. The Balaban J connectivity index is 1.48. The summed E-state index contributed by atoms with van der Waals surface area (Å²) in [6.45, 7) is -0.644. The van der Waals surface area contributed by atoms with E-state index in [1.807, 2.05) is 30.3 Å². The van der Waals surface area contributed by atoms with E-state index in [9.17, 15) is 14.4 Å². The van der Waals surface area contributed by atoms with Crippen LogP contribution >= 0.6 is 0 Å². The molecule has 3 aromatic carbocycles. The van der Waals surface area contributed by atoms with Gasteiger partial charge in [-0.15, -0.1) is 0 Å². The molecule has 0 saturated carbocycles. The second kappa shape index (κ2) is 9.83. The predicted octanol–water partition coefficient (Wildman–Crippen LogP) is 2.18. The number of carbonyl (C=O) groups excluding carboxylic acids is 2. The molecule has 3 rings (SSSR count). The number of ether oxygens (including phenoxy) is 1. The van der Waals surface area contributed by atoms with Crippen molar-refractivity contribution in [3.8, 4) is 5.75 Å². The standard InChI is InChI=1S/C22H19N3O5/c26-20(25-24-12-15-8-10-17(11-9-15)30-14-21(27)28)13-23-22(29)19-7-3-5-16-4-1-2-6-18(16)19/h1-12H,13-14H2,(H,23,29)(H,25,26)(H,27,28)/b24-12-. The number of rotatable bonds is 8. The van der Waals surface area contributed by atoms with Crippen LogP contribution in [-0.2, 0) is 9.59 Å². The third kappa shape index (κ3) is 5.65. The lowest BCUT2D eigenvalue weighted by atomic mass is 10.0. The van der Waals surface area contributed by atoms with Crippen LogP contribution in [0, 0.1) is 0 Å². The Morgan fingerprint density at radius 3 is 2.47 bits per heavy atom. The van der Waals surface area contributed by atoms with Gasteiger partial charge in [0.1, 0.15) is 5.75 Å². The molecule has 152 valence electrons. The Hall–Kier alpha value is -4.20. The number of benzene rings is 3. The molecular weight excluding hydrogens is 386 g/mol. The van der Waals surface area contributed by atoms with E-state index >= 15 is 0 Å². The summed E-state index contributed by atoms with van der Waals surface area (Å²) in [6.07, 6.45) is 1.42. The van der Waals surface area contributed by atoms with Gasteiger partial charge >= 0.3 is 5.97 Å². The average molecular weight is 405 g/mol. The summed E-state index contributed by atoms with van der Waals surface area (Å²) >= 11 is 0. The largest absolute Gasteiger partial charge is 0.482 e. The maximum Gasteiger partial charge on any atom is 0.341 e. The van der Waals surface area contributed by atoms with E-state index in [0.29, 0.717) is 16.9 Å². The van der Waals surface area contributed by atoms with E-state index in [0.717, 1.165) is 10.8 Å². The molecule has 0 aliphatic rings. The SMILES string of the molecule is O=C(O)COc1ccc(/C=N\NC(=O)CNC(=O)c2cccc3ccccc23)cc1. The Bertz CT molecular complexity index is 1090. The lowest BCUT2D eigenvalue weighted by Gasteiger charge is -2.07. The van der Waals surface area contributed by atoms with Crippen molar-refractivity contribution in [2.75, 3.05) is 13.2 Å². The highest BCUT2D eigenvalue weighted by Gasteiger charge is 2.10. The van der Waals surface area contributed by atoms with Gasteiger partial charge in [0, 0.05) is 5.56 Å². The summed E-state index contributed by atoms with van der Waals surface area (Å²) < 4.78 is 5.03. The molecule has 8 heteroatoms. The van der Waals surface area contributed by atoms with Gasteiger partial charge in [-0.05, 0) is 46.7 Å². The van der Waals surface area contributed by atoms with E-state index in [1.54, 1.807) is 36.4 Å². The summed E-state index contributed by atoms with van der Waals surface area (Å²) in [7, 11) is 0. The summed E-state index contributed by atoms with van der Waals surface area (Å²) in [5.74, 6) is -1.46. The van der Waals surface area contributed by atoms with Crippen molar-refractivity contribution >= 4 is 34.8 Å². The van der Waals surface area contributed by atoms with Crippen LogP contribution < -0.4 is 15.5 Å². The minimum Gasteiger partial charge on any atom is -0.482 e. The minimum atomic E-state index is -1.06. The van der Waals surface area contributed by atoms with Crippen LogP contribution in [-0.4, -0.2) is 42.3 Å². The van der Waals surface area contributed by atoms with Gasteiger partial charge in [0.15, 0.2) is 6.61 Å². The molecular formula is C22H19N3O5. The van der Waals surface area contributed by atoms with Gasteiger partial charge in [-0.3, -0.25) is 9.59 Å². The molecule has 0 radical (unpaired) electrons. The average Bonchev–Trinajstić information content (AvgIpc) is 2.76. The second-order valence-electron chi connectivity index (χ2n) is 6.25. The van der Waals surface area contributed by atoms with Crippen LogP contribution in [0.4, 0.5) is 0 Å². The number of carboxylic acid groups (broad SMARTS) is 1. The van der Waals surface area contributed by atoms with Crippen LogP contribution in [0.1, 0.15) is 15.9 Å². The molecule has 8 nitrogen and oxygen atoms in total. The number of amides is 2. The maximum absolute atomic E-state index is 12.4. The first-order valence-corrected chi connectivity index (χ1v) is 9.05. The van der Waals surface area contributed by atoms with Gasteiger partial charge in [-0.25, -0.2) is 10.2 Å². The number of carboxylic acids is 1. The van der Waals surface area contributed by atoms with Crippen LogP contribution in [0.15, 0.2) is 71.8 Å². The number of fused-ring (bicyclic) bond motifs is 1. The third-order valence-electron chi connectivity index (χ3n) is 4.09. The molecule has 2 amide bonds. The molecule has 3 N–H and O–H groups in total. The summed E-state index contributed by atoms with van der Waals surface area (Å²) in [4.78, 5) is 34.8. The van der Waals surface area contributed by atoms with Crippen molar-refractivity contribution in [2.24, 2.45) is 5.10 Å². The molecule has 0 fully saturated rings. The van der Waals surface area contributed by atoms with Crippen molar-refractivity contribution in [3.05, 3.63) is 77.9 Å². The zero-order valence-electron chi connectivity index (χ0n) is 15.9. The van der Waals surface area contributed by atoms with Crippen molar-refractivity contribution < 1.29 is 24.2 Å². The molecule has 0 aromatic heterocycles. The van der Waals surface area contributed by atoms with Crippen molar-refractivity contribution in [3.63, 3.8) is 0 Å². The summed E-state index contributed by atoms with van der Waals surface area (Å²) in [5, 5.41) is 16.7. The summed E-state index contributed by atoms with van der Waals surface area (Å²) in [6, 6.07) is 19.4. The Morgan fingerprint density at radius 1 is 0.967 bits per heavy atom. The lowest BCUT2D eigenvalue weighted by Crippen LogP contribution is -2.35. The smallest absolute Gasteiger partial charge is 0.341 e. The van der Waals surface area contributed by atoms with Gasteiger partial charge in [0.2, 0.25) is 0 Å². The summed E-state index contributed by atoms with van der Waals surface area (Å²) in [5.41, 5.74) is 3.51. The number of aliphatic carboxylic acids is 1. The van der Waals surface area contributed by atoms with Crippen LogP contribution in [0.2, 0.25) is 0 Å². The van der Waals surface area contributed by atoms with Gasteiger partial charge in [0.05, 0.1) is 12.8 Å². The molecule has 0 atom stereocenters. The van der Waals surface area contributed by atoms with Gasteiger partial charge in [-0.1, -0.05) is 36.4 Å². The van der Waals surface area contributed by atoms with E-state index in [4.69, 9.17) is 9.84 Å². The molecule has 0 aliphatic heterocycles. The van der Waals surface area contributed by atoms with E-state index in [1.165, 1.54) is 6.21 Å². The zero-order chi connectivity index (χ0) is 21.3.